The number of benzene rings is 2. The summed E-state index contributed by atoms with van der Waals surface area (Å²) in [6, 6.07) is 14.3. The molecule has 0 atom stereocenters. The molecule has 10 heteroatoms. The number of carbonyl (C=O) groups is 1. The number of halogens is 1. The Morgan fingerprint density at radius 3 is 2.41 bits per heavy atom. The monoisotopic (exact) mass is 552 g/mol. The van der Waals surface area contributed by atoms with E-state index < -0.39 is 4.92 Å². The Hall–Kier alpha value is -2.89. The summed E-state index contributed by atoms with van der Waals surface area (Å²) in [6.45, 7) is 5.35. The summed E-state index contributed by atoms with van der Waals surface area (Å²) in [5, 5.41) is 20.4. The maximum absolute atomic E-state index is 11.9. The van der Waals surface area contributed by atoms with Crippen LogP contribution >= 0.6 is 24.0 Å². The van der Waals surface area contributed by atoms with Crippen LogP contribution in [0.1, 0.15) is 25.3 Å². The van der Waals surface area contributed by atoms with E-state index in [0.717, 1.165) is 36.4 Å². The molecule has 32 heavy (non-hydrogen) atoms. The van der Waals surface area contributed by atoms with Crippen molar-refractivity contribution < 1.29 is 9.72 Å². The molecule has 0 radical (unpaired) electrons. The van der Waals surface area contributed by atoms with Crippen LogP contribution in [0, 0.1) is 10.1 Å². The van der Waals surface area contributed by atoms with E-state index in [9.17, 15) is 14.9 Å². The molecule has 0 aliphatic carbocycles. The van der Waals surface area contributed by atoms with Gasteiger partial charge in [-0.25, -0.2) is 4.99 Å². The maximum Gasteiger partial charge on any atom is 0.269 e. The average Bonchev–Trinajstić information content (AvgIpc) is 3.21. The largest absolute Gasteiger partial charge is 0.383 e. The number of hydrogen-bond donors (Lipinski definition) is 3. The Balaban J connectivity index is 0.00000363. The summed E-state index contributed by atoms with van der Waals surface area (Å²) in [5.41, 5.74) is 2.91. The van der Waals surface area contributed by atoms with Crippen molar-refractivity contribution in [2.45, 2.75) is 26.3 Å². The second kappa shape index (κ2) is 12.8. The smallest absolute Gasteiger partial charge is 0.269 e. The quantitative estimate of drug-likeness (QED) is 0.110. The van der Waals surface area contributed by atoms with E-state index in [2.05, 4.69) is 20.9 Å². The van der Waals surface area contributed by atoms with Crippen LogP contribution in [0.5, 0.6) is 0 Å². The molecular formula is C22H29IN6O3. The van der Waals surface area contributed by atoms with Crippen LogP contribution < -0.4 is 20.9 Å². The van der Waals surface area contributed by atoms with Gasteiger partial charge in [-0.1, -0.05) is 12.1 Å². The summed E-state index contributed by atoms with van der Waals surface area (Å²) in [7, 11) is 0. The normalized spacial score (nSPS) is 13.5. The van der Waals surface area contributed by atoms with Crippen molar-refractivity contribution in [3.63, 3.8) is 0 Å². The van der Waals surface area contributed by atoms with E-state index in [-0.39, 0.29) is 35.6 Å². The van der Waals surface area contributed by atoms with Crippen LogP contribution in [0.25, 0.3) is 0 Å². The van der Waals surface area contributed by atoms with E-state index >= 15 is 0 Å². The molecule has 1 saturated heterocycles. The van der Waals surface area contributed by atoms with Gasteiger partial charge in [0.1, 0.15) is 0 Å². The molecule has 3 rings (SSSR count). The zero-order valence-corrected chi connectivity index (χ0v) is 20.4. The van der Waals surface area contributed by atoms with Gasteiger partial charge in [-0.05, 0) is 43.2 Å². The Labute approximate surface area is 204 Å². The van der Waals surface area contributed by atoms with Gasteiger partial charge in [0.15, 0.2) is 5.96 Å². The minimum absolute atomic E-state index is 0. The first kappa shape index (κ1) is 25.4. The number of carbonyl (C=O) groups excluding carboxylic acids is 1. The van der Waals surface area contributed by atoms with Crippen LogP contribution in [0.3, 0.4) is 0 Å². The highest BCUT2D eigenvalue weighted by Crippen LogP contribution is 2.21. The van der Waals surface area contributed by atoms with E-state index in [4.69, 9.17) is 0 Å². The van der Waals surface area contributed by atoms with Gasteiger partial charge < -0.3 is 20.9 Å². The molecule has 0 bridgehead atoms. The van der Waals surface area contributed by atoms with Crippen molar-refractivity contribution in [3.8, 4) is 0 Å². The van der Waals surface area contributed by atoms with Crippen molar-refractivity contribution in [1.82, 2.24) is 10.6 Å². The molecule has 0 spiro atoms. The average molecular weight is 552 g/mol. The highest BCUT2D eigenvalue weighted by Gasteiger charge is 2.21. The standard InChI is InChI=1S/C22H28N6O3.HI/c1-2-23-22(25-14-13-24-18-7-11-20(12-8-18)28(30)31)26-16-17-5-9-19(10-6-17)27-15-3-4-21(27)29;/h5-12,24H,2-4,13-16H2,1H3,(H2,23,25,26);1H. The molecule has 2 aromatic carbocycles. The van der Waals surface area contributed by atoms with Gasteiger partial charge in [-0.3, -0.25) is 14.9 Å². The van der Waals surface area contributed by atoms with Crippen molar-refractivity contribution in [3.05, 3.63) is 64.2 Å². The molecule has 9 nitrogen and oxygen atoms in total. The Morgan fingerprint density at radius 1 is 1.09 bits per heavy atom. The third kappa shape index (κ3) is 7.36. The lowest BCUT2D eigenvalue weighted by atomic mass is 10.2. The maximum atomic E-state index is 11.9. The van der Waals surface area contributed by atoms with Crippen LogP contribution in [0.2, 0.25) is 0 Å². The van der Waals surface area contributed by atoms with Crippen molar-refractivity contribution in [2.75, 3.05) is 36.4 Å². The predicted molar refractivity (Wildman–Crippen MR) is 138 cm³/mol. The van der Waals surface area contributed by atoms with Gasteiger partial charge in [0.25, 0.3) is 5.69 Å². The van der Waals surface area contributed by atoms with Gasteiger partial charge in [0, 0.05) is 56.1 Å². The number of nitrogens with zero attached hydrogens (tertiary/aromatic N) is 3. The van der Waals surface area contributed by atoms with Crippen LogP contribution in [-0.2, 0) is 11.3 Å². The molecule has 1 aliphatic rings. The molecular weight excluding hydrogens is 523 g/mol. The van der Waals surface area contributed by atoms with Crippen molar-refractivity contribution in [1.29, 1.82) is 0 Å². The highest BCUT2D eigenvalue weighted by molar-refractivity contribution is 14.0. The van der Waals surface area contributed by atoms with Gasteiger partial charge in [0.2, 0.25) is 5.91 Å². The topological polar surface area (TPSA) is 112 Å². The van der Waals surface area contributed by atoms with Crippen LogP contribution in [-0.4, -0.2) is 43.0 Å². The summed E-state index contributed by atoms with van der Waals surface area (Å²) < 4.78 is 0. The van der Waals surface area contributed by atoms with Gasteiger partial charge in [-0.15, -0.1) is 24.0 Å². The Morgan fingerprint density at radius 2 is 1.81 bits per heavy atom. The third-order valence-electron chi connectivity index (χ3n) is 4.91. The predicted octanol–water partition coefficient (Wildman–Crippen LogP) is 3.51. The lowest BCUT2D eigenvalue weighted by molar-refractivity contribution is -0.384. The second-order valence-corrected chi connectivity index (χ2v) is 7.17. The second-order valence-electron chi connectivity index (χ2n) is 7.17. The molecule has 3 N–H and O–H groups in total. The first-order chi connectivity index (χ1) is 15.1. The van der Waals surface area contributed by atoms with Gasteiger partial charge in [-0.2, -0.15) is 0 Å². The van der Waals surface area contributed by atoms with E-state index in [1.807, 2.05) is 36.1 Å². The molecule has 0 aromatic heterocycles. The number of non-ortho nitro benzene ring substituents is 1. The molecule has 172 valence electrons. The lowest BCUT2D eigenvalue weighted by Gasteiger charge is -2.16. The fourth-order valence-electron chi connectivity index (χ4n) is 3.30. The minimum Gasteiger partial charge on any atom is -0.383 e. The van der Waals surface area contributed by atoms with Gasteiger partial charge in [0.05, 0.1) is 11.5 Å². The van der Waals surface area contributed by atoms with Crippen LogP contribution in [0.15, 0.2) is 53.5 Å². The zero-order valence-electron chi connectivity index (χ0n) is 18.0. The van der Waals surface area contributed by atoms with Gasteiger partial charge >= 0.3 is 0 Å². The molecule has 2 aromatic rings. The number of amides is 1. The number of nitrogens with one attached hydrogen (secondary N) is 3. The molecule has 1 amide bonds. The molecule has 1 aliphatic heterocycles. The SMILES string of the molecule is CCNC(=NCc1ccc(N2CCCC2=O)cc1)NCCNc1ccc([N+](=O)[O-])cc1.I. The minimum atomic E-state index is -0.413. The molecule has 1 heterocycles. The fourth-order valence-corrected chi connectivity index (χ4v) is 3.30. The van der Waals surface area contributed by atoms with E-state index in [1.165, 1.54) is 12.1 Å². The number of nitro groups is 1. The molecule has 1 fully saturated rings. The third-order valence-corrected chi connectivity index (χ3v) is 4.91. The molecule has 0 saturated carbocycles. The van der Waals surface area contributed by atoms with Crippen molar-refractivity contribution >= 4 is 52.9 Å². The first-order valence-electron chi connectivity index (χ1n) is 10.5. The fraction of sp³-hybridized carbons (Fsp3) is 0.364. The van der Waals surface area contributed by atoms with E-state index in [0.29, 0.717) is 32.0 Å². The summed E-state index contributed by atoms with van der Waals surface area (Å²) in [6.07, 6.45) is 1.55. The van der Waals surface area contributed by atoms with Crippen LogP contribution in [0.4, 0.5) is 17.1 Å². The highest BCUT2D eigenvalue weighted by atomic mass is 127. The number of anilines is 2. The van der Waals surface area contributed by atoms with E-state index in [1.54, 1.807) is 12.1 Å². The zero-order chi connectivity index (χ0) is 22.1. The Kier molecular flexibility index (Phi) is 10.2. The number of guanidine groups is 1. The lowest BCUT2D eigenvalue weighted by Crippen LogP contribution is -2.39. The van der Waals surface area contributed by atoms with Crippen molar-refractivity contribution in [2.24, 2.45) is 4.99 Å². The number of nitro benzene ring substituents is 1. The molecule has 0 unspecified atom stereocenters. The number of hydrogen-bond acceptors (Lipinski definition) is 5. The summed E-state index contributed by atoms with van der Waals surface area (Å²) in [5.74, 6) is 0.901. The Bertz CT molecular complexity index is 918. The number of rotatable bonds is 9. The summed E-state index contributed by atoms with van der Waals surface area (Å²) in [4.78, 5) is 28.6. The first-order valence-corrected chi connectivity index (χ1v) is 10.5. The number of aliphatic imine (C=N–C) groups is 1. The summed E-state index contributed by atoms with van der Waals surface area (Å²) >= 11 is 0.